The van der Waals surface area contributed by atoms with Crippen LogP contribution in [0.1, 0.15) is 5.56 Å². The van der Waals surface area contributed by atoms with Crippen molar-refractivity contribution >= 4 is 17.5 Å². The molecule has 0 fully saturated rings. The summed E-state index contributed by atoms with van der Waals surface area (Å²) in [5.74, 6) is -0.0568. The van der Waals surface area contributed by atoms with Gasteiger partial charge in [0.05, 0.1) is 0 Å². The van der Waals surface area contributed by atoms with E-state index in [-0.39, 0.29) is 5.76 Å². The first kappa shape index (κ1) is 11.9. The molecule has 1 amide bonds. The third kappa shape index (κ3) is 3.18. The molecule has 0 saturated heterocycles. The van der Waals surface area contributed by atoms with E-state index >= 15 is 0 Å². The molecule has 0 unspecified atom stereocenters. The number of aliphatic hydroxyl groups excluding tert-OH is 1. The Bertz CT molecular complexity index is 551. The SMILES string of the molecule is O=C(/C=C(\O)c1ccccc1)Nc1ccccn1. The van der Waals surface area contributed by atoms with E-state index in [1.807, 2.05) is 6.07 Å². The zero-order chi connectivity index (χ0) is 12.8. The summed E-state index contributed by atoms with van der Waals surface area (Å²) in [5, 5.41) is 12.3. The summed E-state index contributed by atoms with van der Waals surface area (Å²) in [6, 6.07) is 14.1. The second-order valence-corrected chi connectivity index (χ2v) is 3.60. The van der Waals surface area contributed by atoms with Crippen molar-refractivity contribution in [3.05, 3.63) is 66.4 Å². The highest BCUT2D eigenvalue weighted by Gasteiger charge is 2.03. The fraction of sp³-hybridized carbons (Fsp3) is 0. The van der Waals surface area contributed by atoms with Crippen molar-refractivity contribution in [3.63, 3.8) is 0 Å². The average molecular weight is 240 g/mol. The van der Waals surface area contributed by atoms with Gasteiger partial charge in [0.25, 0.3) is 5.91 Å². The van der Waals surface area contributed by atoms with Crippen LogP contribution in [0.4, 0.5) is 5.82 Å². The highest BCUT2D eigenvalue weighted by molar-refractivity contribution is 6.02. The van der Waals surface area contributed by atoms with E-state index in [1.54, 1.807) is 48.7 Å². The molecule has 1 aromatic heterocycles. The van der Waals surface area contributed by atoms with Crippen molar-refractivity contribution in [1.82, 2.24) is 4.98 Å². The fourth-order valence-corrected chi connectivity index (χ4v) is 1.42. The molecule has 0 aliphatic heterocycles. The smallest absolute Gasteiger partial charge is 0.253 e. The van der Waals surface area contributed by atoms with Crippen LogP contribution in [0, 0.1) is 0 Å². The minimum atomic E-state index is -0.421. The highest BCUT2D eigenvalue weighted by atomic mass is 16.3. The first-order chi connectivity index (χ1) is 8.75. The van der Waals surface area contributed by atoms with E-state index in [9.17, 15) is 9.90 Å². The topological polar surface area (TPSA) is 62.2 Å². The summed E-state index contributed by atoms with van der Waals surface area (Å²) >= 11 is 0. The molecule has 0 aliphatic rings. The number of anilines is 1. The summed E-state index contributed by atoms with van der Waals surface area (Å²) in [7, 11) is 0. The number of carbonyl (C=O) groups is 1. The molecule has 0 radical (unpaired) electrons. The lowest BCUT2D eigenvalue weighted by Gasteiger charge is -2.02. The van der Waals surface area contributed by atoms with Crippen molar-refractivity contribution in [2.75, 3.05) is 5.32 Å². The van der Waals surface area contributed by atoms with Gasteiger partial charge in [0.2, 0.25) is 0 Å². The minimum absolute atomic E-state index is 0.0796. The number of rotatable bonds is 3. The molecule has 0 bridgehead atoms. The molecule has 2 rings (SSSR count). The maximum Gasteiger partial charge on any atom is 0.253 e. The Labute approximate surface area is 105 Å². The average Bonchev–Trinajstić information content (AvgIpc) is 2.40. The lowest BCUT2D eigenvalue weighted by atomic mass is 10.2. The number of nitrogens with one attached hydrogen (secondary N) is 1. The monoisotopic (exact) mass is 240 g/mol. The number of benzene rings is 1. The van der Waals surface area contributed by atoms with E-state index in [0.717, 1.165) is 6.08 Å². The number of hydrogen-bond acceptors (Lipinski definition) is 3. The lowest BCUT2D eigenvalue weighted by molar-refractivity contribution is -0.111. The van der Waals surface area contributed by atoms with Crippen LogP contribution in [0.15, 0.2) is 60.8 Å². The first-order valence-corrected chi connectivity index (χ1v) is 5.44. The Hall–Kier alpha value is -2.62. The Balaban J connectivity index is 2.07. The van der Waals surface area contributed by atoms with E-state index in [2.05, 4.69) is 10.3 Å². The van der Waals surface area contributed by atoms with Crippen LogP contribution in [0.2, 0.25) is 0 Å². The second kappa shape index (κ2) is 5.63. The molecule has 0 spiro atoms. The normalized spacial score (nSPS) is 11.0. The number of aromatic nitrogens is 1. The number of pyridine rings is 1. The third-order valence-electron chi connectivity index (χ3n) is 2.25. The van der Waals surface area contributed by atoms with Gasteiger partial charge in [0.15, 0.2) is 0 Å². The quantitative estimate of drug-likeness (QED) is 0.640. The molecule has 2 N–H and O–H groups in total. The number of aliphatic hydroxyl groups is 1. The fourth-order valence-electron chi connectivity index (χ4n) is 1.42. The Morgan fingerprint density at radius 3 is 2.50 bits per heavy atom. The highest BCUT2D eigenvalue weighted by Crippen LogP contribution is 2.10. The number of nitrogens with zero attached hydrogens (tertiary/aromatic N) is 1. The molecule has 4 nitrogen and oxygen atoms in total. The van der Waals surface area contributed by atoms with Gasteiger partial charge in [0.1, 0.15) is 11.6 Å². The summed E-state index contributed by atoms with van der Waals surface area (Å²) in [6.45, 7) is 0. The zero-order valence-corrected chi connectivity index (χ0v) is 9.58. The van der Waals surface area contributed by atoms with Gasteiger partial charge < -0.3 is 10.4 Å². The van der Waals surface area contributed by atoms with Gasteiger partial charge >= 0.3 is 0 Å². The van der Waals surface area contributed by atoms with Crippen LogP contribution < -0.4 is 5.32 Å². The Kier molecular flexibility index (Phi) is 3.71. The van der Waals surface area contributed by atoms with Gasteiger partial charge in [-0.05, 0) is 12.1 Å². The second-order valence-electron chi connectivity index (χ2n) is 3.60. The number of amides is 1. The van der Waals surface area contributed by atoms with Crippen LogP contribution in [0.3, 0.4) is 0 Å². The Morgan fingerprint density at radius 2 is 1.83 bits per heavy atom. The van der Waals surface area contributed by atoms with Gasteiger partial charge in [0, 0.05) is 17.8 Å². The standard InChI is InChI=1S/C14H12N2O2/c17-12(11-6-2-1-3-7-11)10-14(18)16-13-8-4-5-9-15-13/h1-10,17H,(H,15,16,18)/b12-10-. The number of carbonyl (C=O) groups excluding carboxylic acids is 1. The van der Waals surface area contributed by atoms with Gasteiger partial charge in [-0.3, -0.25) is 4.79 Å². The molecule has 1 aromatic carbocycles. The predicted molar refractivity (Wildman–Crippen MR) is 69.9 cm³/mol. The summed E-state index contributed by atoms with van der Waals surface area (Å²) < 4.78 is 0. The van der Waals surface area contributed by atoms with Crippen molar-refractivity contribution < 1.29 is 9.90 Å². The van der Waals surface area contributed by atoms with Crippen molar-refractivity contribution in [2.24, 2.45) is 0 Å². The van der Waals surface area contributed by atoms with E-state index < -0.39 is 5.91 Å². The molecule has 18 heavy (non-hydrogen) atoms. The molecular weight excluding hydrogens is 228 g/mol. The van der Waals surface area contributed by atoms with Crippen molar-refractivity contribution in [3.8, 4) is 0 Å². The summed E-state index contributed by atoms with van der Waals surface area (Å²) in [4.78, 5) is 15.6. The molecule has 2 aromatic rings. The predicted octanol–water partition coefficient (Wildman–Crippen LogP) is 2.62. The van der Waals surface area contributed by atoms with Crippen molar-refractivity contribution in [1.29, 1.82) is 0 Å². The van der Waals surface area contributed by atoms with Crippen LogP contribution >= 0.6 is 0 Å². The Morgan fingerprint density at radius 1 is 1.11 bits per heavy atom. The van der Waals surface area contributed by atoms with Crippen molar-refractivity contribution in [2.45, 2.75) is 0 Å². The van der Waals surface area contributed by atoms with E-state index in [0.29, 0.717) is 11.4 Å². The van der Waals surface area contributed by atoms with Crippen LogP contribution in [0.25, 0.3) is 5.76 Å². The summed E-state index contributed by atoms with van der Waals surface area (Å²) in [5.41, 5.74) is 0.591. The van der Waals surface area contributed by atoms with E-state index in [1.165, 1.54) is 0 Å². The first-order valence-electron chi connectivity index (χ1n) is 5.44. The van der Waals surface area contributed by atoms with Gasteiger partial charge in [-0.2, -0.15) is 0 Å². The zero-order valence-electron chi connectivity index (χ0n) is 9.58. The molecule has 4 heteroatoms. The van der Waals surface area contributed by atoms with Crippen LogP contribution in [0.5, 0.6) is 0 Å². The molecule has 90 valence electrons. The largest absolute Gasteiger partial charge is 0.507 e. The lowest BCUT2D eigenvalue weighted by Crippen LogP contribution is -2.09. The third-order valence-corrected chi connectivity index (χ3v) is 2.25. The molecule has 0 atom stereocenters. The number of hydrogen-bond donors (Lipinski definition) is 2. The van der Waals surface area contributed by atoms with E-state index in [4.69, 9.17) is 0 Å². The summed E-state index contributed by atoms with van der Waals surface area (Å²) in [6.07, 6.45) is 2.71. The minimum Gasteiger partial charge on any atom is -0.507 e. The molecule has 0 aliphatic carbocycles. The van der Waals surface area contributed by atoms with Gasteiger partial charge in [-0.1, -0.05) is 36.4 Å². The van der Waals surface area contributed by atoms with Gasteiger partial charge in [-0.15, -0.1) is 0 Å². The van der Waals surface area contributed by atoms with Crippen LogP contribution in [-0.4, -0.2) is 16.0 Å². The molecule has 1 heterocycles. The maximum atomic E-state index is 11.6. The van der Waals surface area contributed by atoms with Gasteiger partial charge in [-0.25, -0.2) is 4.98 Å². The molecule has 0 saturated carbocycles. The van der Waals surface area contributed by atoms with Crippen LogP contribution in [-0.2, 0) is 4.79 Å². The maximum absolute atomic E-state index is 11.6. The molecular formula is C14H12N2O2.